The smallest absolute Gasteiger partial charge is 0.242 e. The highest BCUT2D eigenvalue weighted by atomic mass is 32.2. The molecule has 0 fully saturated rings. The molecule has 0 aromatic carbocycles. The monoisotopic (exact) mass is 315 g/mol. The highest BCUT2D eigenvalue weighted by molar-refractivity contribution is 7.89. The van der Waals surface area contributed by atoms with E-state index in [0.717, 1.165) is 5.82 Å². The second kappa shape index (κ2) is 6.49. The van der Waals surface area contributed by atoms with Crippen LogP contribution < -0.4 is 4.72 Å². The summed E-state index contributed by atoms with van der Waals surface area (Å²) in [5, 5.41) is 10.9. The Morgan fingerprint density at radius 3 is 2.95 bits per heavy atom. The maximum atomic E-state index is 12.2. The van der Waals surface area contributed by atoms with Crippen molar-refractivity contribution in [3.63, 3.8) is 0 Å². The first-order valence-electron chi connectivity index (χ1n) is 6.20. The predicted molar refractivity (Wildman–Crippen MR) is 77.1 cm³/mol. The number of nitrogens with one attached hydrogen (secondary N) is 2. The highest BCUT2D eigenvalue weighted by Crippen LogP contribution is 2.26. The van der Waals surface area contributed by atoms with Gasteiger partial charge in [-0.2, -0.15) is 0 Å². The van der Waals surface area contributed by atoms with Crippen molar-refractivity contribution in [2.75, 3.05) is 6.54 Å². The van der Waals surface area contributed by atoms with Crippen molar-refractivity contribution < 1.29 is 13.5 Å². The maximum Gasteiger partial charge on any atom is 0.242 e. The lowest BCUT2D eigenvalue weighted by molar-refractivity contribution is 0.282. The van der Waals surface area contributed by atoms with E-state index in [0.29, 0.717) is 29.8 Å². The number of sulfonamides is 1. The molecule has 2 aromatic rings. The van der Waals surface area contributed by atoms with Gasteiger partial charge in [0.2, 0.25) is 10.0 Å². The quantitative estimate of drug-likeness (QED) is 0.669. The molecule has 0 aliphatic carbocycles. The summed E-state index contributed by atoms with van der Waals surface area (Å²) >= 11 is 1.26. The van der Waals surface area contributed by atoms with E-state index in [1.807, 2.05) is 0 Å². The Morgan fingerprint density at radius 2 is 2.30 bits per heavy atom. The van der Waals surface area contributed by atoms with E-state index < -0.39 is 10.0 Å². The lowest BCUT2D eigenvalue weighted by Crippen LogP contribution is -2.26. The summed E-state index contributed by atoms with van der Waals surface area (Å²) in [4.78, 5) is 7.73. The molecule has 0 spiro atoms. The Morgan fingerprint density at radius 1 is 1.50 bits per heavy atom. The van der Waals surface area contributed by atoms with E-state index in [4.69, 9.17) is 0 Å². The van der Waals surface area contributed by atoms with E-state index in [-0.39, 0.29) is 11.5 Å². The number of aromatic amines is 1. The van der Waals surface area contributed by atoms with Gasteiger partial charge >= 0.3 is 0 Å². The molecular weight excluding hydrogens is 298 g/mol. The largest absolute Gasteiger partial charge is 0.391 e. The fourth-order valence-electron chi connectivity index (χ4n) is 1.93. The molecule has 8 heteroatoms. The van der Waals surface area contributed by atoms with Crippen LogP contribution in [0.5, 0.6) is 0 Å². The number of imidazole rings is 1. The summed E-state index contributed by atoms with van der Waals surface area (Å²) in [5.41, 5.74) is 0.664. The Balaban J connectivity index is 1.95. The molecule has 2 rings (SSSR count). The van der Waals surface area contributed by atoms with Crippen LogP contribution in [0.2, 0.25) is 0 Å². The molecule has 20 heavy (non-hydrogen) atoms. The molecule has 0 aliphatic rings. The molecule has 0 aliphatic heterocycles. The number of nitrogens with zero attached hydrogens (tertiary/aromatic N) is 1. The van der Waals surface area contributed by atoms with Gasteiger partial charge in [0, 0.05) is 25.4 Å². The minimum Gasteiger partial charge on any atom is -0.391 e. The van der Waals surface area contributed by atoms with Gasteiger partial charge in [0.05, 0.1) is 11.5 Å². The number of aliphatic hydroxyl groups is 1. The molecule has 0 bridgehead atoms. The average Bonchev–Trinajstić information content (AvgIpc) is 3.03. The zero-order chi connectivity index (χ0) is 14.6. The van der Waals surface area contributed by atoms with Crippen molar-refractivity contribution in [3.05, 3.63) is 34.0 Å². The van der Waals surface area contributed by atoms with E-state index in [9.17, 15) is 13.5 Å². The van der Waals surface area contributed by atoms with Crippen LogP contribution >= 0.6 is 11.3 Å². The molecule has 3 N–H and O–H groups in total. The van der Waals surface area contributed by atoms with Gasteiger partial charge in [0.1, 0.15) is 10.7 Å². The van der Waals surface area contributed by atoms with Gasteiger partial charge in [-0.1, -0.05) is 0 Å². The predicted octanol–water partition coefficient (Wildman–Crippen LogP) is 1.18. The number of thiophene rings is 1. The Labute approximate surface area is 121 Å². The van der Waals surface area contributed by atoms with Crippen molar-refractivity contribution in [3.8, 4) is 0 Å². The Hall–Kier alpha value is -1.22. The molecule has 0 amide bonds. The minimum absolute atomic E-state index is 0.211. The summed E-state index contributed by atoms with van der Waals surface area (Å²) in [7, 11) is -3.56. The van der Waals surface area contributed by atoms with E-state index in [1.54, 1.807) is 24.7 Å². The molecule has 0 unspecified atom stereocenters. The molecule has 6 nitrogen and oxygen atoms in total. The third kappa shape index (κ3) is 3.45. The first kappa shape index (κ1) is 15.2. The van der Waals surface area contributed by atoms with Crippen LogP contribution in [-0.2, 0) is 23.1 Å². The van der Waals surface area contributed by atoms with E-state index in [2.05, 4.69) is 14.7 Å². The molecule has 2 aromatic heterocycles. The van der Waals surface area contributed by atoms with Crippen LogP contribution in [0.25, 0.3) is 0 Å². The lowest BCUT2D eigenvalue weighted by Gasteiger charge is -2.07. The van der Waals surface area contributed by atoms with Crippen LogP contribution in [0.1, 0.15) is 22.7 Å². The standard InChI is InChI=1S/C12H17N3O3S2/c1-9-8-19-10(7-16)12(9)20(17,18)15-4-2-3-11-13-5-6-14-11/h5-6,8,15-16H,2-4,7H2,1H3,(H,13,14). The van der Waals surface area contributed by atoms with E-state index >= 15 is 0 Å². The highest BCUT2D eigenvalue weighted by Gasteiger charge is 2.22. The molecular formula is C12H17N3O3S2. The Bertz CT molecular complexity index is 648. The van der Waals surface area contributed by atoms with Gasteiger partial charge < -0.3 is 10.1 Å². The number of H-pyrrole nitrogens is 1. The van der Waals surface area contributed by atoms with Crippen LogP contribution in [0.15, 0.2) is 22.7 Å². The fraction of sp³-hybridized carbons (Fsp3) is 0.417. The van der Waals surface area contributed by atoms with Gasteiger partial charge in [-0.3, -0.25) is 0 Å². The van der Waals surface area contributed by atoms with Crippen LogP contribution in [0, 0.1) is 6.92 Å². The summed E-state index contributed by atoms with van der Waals surface area (Å²) in [5.74, 6) is 0.840. The second-order valence-corrected chi connectivity index (χ2v) is 7.03. The molecule has 110 valence electrons. The topological polar surface area (TPSA) is 95.1 Å². The maximum absolute atomic E-state index is 12.2. The minimum atomic E-state index is -3.56. The van der Waals surface area contributed by atoms with Crippen LogP contribution in [-0.4, -0.2) is 30.0 Å². The zero-order valence-electron chi connectivity index (χ0n) is 11.1. The summed E-state index contributed by atoms with van der Waals surface area (Å²) in [6.45, 7) is 1.80. The van der Waals surface area contributed by atoms with Gasteiger partial charge in [-0.25, -0.2) is 18.1 Å². The number of aryl methyl sites for hydroxylation is 2. The normalized spacial score (nSPS) is 11.9. The number of aromatic nitrogens is 2. The third-order valence-corrected chi connectivity index (χ3v) is 5.75. The molecule has 0 saturated carbocycles. The molecule has 0 atom stereocenters. The summed E-state index contributed by atoms with van der Waals surface area (Å²) < 4.78 is 27.0. The van der Waals surface area contributed by atoms with Crippen LogP contribution in [0.3, 0.4) is 0 Å². The van der Waals surface area contributed by atoms with Gasteiger partial charge in [0.25, 0.3) is 0 Å². The first-order chi connectivity index (χ1) is 9.54. The molecule has 0 saturated heterocycles. The van der Waals surface area contributed by atoms with Gasteiger partial charge in [0.15, 0.2) is 0 Å². The second-order valence-electron chi connectivity index (χ2n) is 4.37. The third-order valence-electron chi connectivity index (χ3n) is 2.84. The average molecular weight is 315 g/mol. The van der Waals surface area contributed by atoms with Crippen molar-refractivity contribution >= 4 is 21.4 Å². The zero-order valence-corrected chi connectivity index (χ0v) is 12.7. The van der Waals surface area contributed by atoms with E-state index in [1.165, 1.54) is 11.3 Å². The van der Waals surface area contributed by atoms with Gasteiger partial charge in [-0.05, 0) is 24.3 Å². The fourth-order valence-corrected chi connectivity index (χ4v) is 4.66. The van der Waals surface area contributed by atoms with Crippen molar-refractivity contribution in [1.29, 1.82) is 0 Å². The van der Waals surface area contributed by atoms with Crippen LogP contribution in [0.4, 0.5) is 0 Å². The summed E-state index contributed by atoms with van der Waals surface area (Å²) in [6, 6.07) is 0. The van der Waals surface area contributed by atoms with Gasteiger partial charge in [-0.15, -0.1) is 11.3 Å². The SMILES string of the molecule is Cc1csc(CO)c1S(=O)(=O)NCCCc1ncc[nH]1. The summed E-state index contributed by atoms with van der Waals surface area (Å²) in [6.07, 6.45) is 4.75. The number of aliphatic hydroxyl groups excluding tert-OH is 1. The molecule has 2 heterocycles. The van der Waals surface area contributed by atoms with Crippen molar-refractivity contribution in [1.82, 2.24) is 14.7 Å². The Kier molecular flexibility index (Phi) is 4.92. The van der Waals surface area contributed by atoms with Crippen molar-refractivity contribution in [2.24, 2.45) is 0 Å². The lowest BCUT2D eigenvalue weighted by atomic mass is 10.3. The number of rotatable bonds is 7. The van der Waals surface area contributed by atoms with Crippen molar-refractivity contribution in [2.45, 2.75) is 31.3 Å². The number of hydrogen-bond donors (Lipinski definition) is 3. The number of hydrogen-bond acceptors (Lipinski definition) is 5. The molecule has 0 radical (unpaired) electrons. The first-order valence-corrected chi connectivity index (χ1v) is 8.56.